The van der Waals surface area contributed by atoms with E-state index in [9.17, 15) is 4.39 Å². The molecule has 2 fully saturated rings. The lowest BCUT2D eigenvalue weighted by Gasteiger charge is -2.36. The van der Waals surface area contributed by atoms with Gasteiger partial charge in [0.2, 0.25) is 0 Å². The lowest BCUT2D eigenvalue weighted by Crippen LogP contribution is -2.48. The summed E-state index contributed by atoms with van der Waals surface area (Å²) in [6.07, 6.45) is 3.61. The maximum absolute atomic E-state index is 13.5. The average molecular weight is 426 g/mol. The van der Waals surface area contributed by atoms with E-state index in [-0.39, 0.29) is 11.9 Å². The smallest absolute Gasteiger partial charge is 0.139 e. The standard InChI is InChI=1S/C24H32FN5O/c1-19(2)29-14-12-28(13-15-29)9-3-4-16-31-21-7-10-30(11-8-21)24-22-6-5-20(25)17-23(22)26-18-27-24/h5-6,17-19,21H,7-16H2,1-2H3. The fourth-order valence-electron chi connectivity index (χ4n) is 4.32. The van der Waals surface area contributed by atoms with Crippen molar-refractivity contribution in [2.45, 2.75) is 38.8 Å². The number of benzene rings is 1. The van der Waals surface area contributed by atoms with Crippen molar-refractivity contribution in [3.05, 3.63) is 30.3 Å². The fourth-order valence-corrected chi connectivity index (χ4v) is 4.32. The Kier molecular flexibility index (Phi) is 7.33. The Morgan fingerprint density at radius 3 is 2.58 bits per heavy atom. The molecule has 2 aliphatic rings. The molecule has 0 saturated carbocycles. The van der Waals surface area contributed by atoms with Gasteiger partial charge in [-0.15, -0.1) is 0 Å². The van der Waals surface area contributed by atoms with Crippen LogP contribution in [0.3, 0.4) is 0 Å². The molecule has 1 aromatic heterocycles. The molecule has 2 aromatic rings. The third-order valence-electron chi connectivity index (χ3n) is 6.28. The molecule has 1 aromatic carbocycles. The number of rotatable bonds is 5. The molecule has 0 spiro atoms. The van der Waals surface area contributed by atoms with E-state index in [4.69, 9.17) is 4.74 Å². The molecule has 2 aliphatic heterocycles. The first-order valence-corrected chi connectivity index (χ1v) is 11.3. The van der Waals surface area contributed by atoms with Crippen LogP contribution < -0.4 is 4.90 Å². The van der Waals surface area contributed by atoms with Gasteiger partial charge in [-0.05, 0) is 38.8 Å². The molecule has 0 amide bonds. The minimum atomic E-state index is -0.275. The van der Waals surface area contributed by atoms with Gasteiger partial charge in [0.15, 0.2) is 0 Å². The summed E-state index contributed by atoms with van der Waals surface area (Å²) in [6.45, 7) is 12.0. The Hall–Kier alpha value is -2.27. The van der Waals surface area contributed by atoms with Gasteiger partial charge in [0, 0.05) is 56.8 Å². The number of fused-ring (bicyclic) bond motifs is 1. The Morgan fingerprint density at radius 1 is 1.06 bits per heavy atom. The number of nitrogens with zero attached hydrogens (tertiary/aromatic N) is 5. The number of piperidine rings is 1. The largest absolute Gasteiger partial charge is 0.365 e. The predicted octanol–water partition coefficient (Wildman–Crippen LogP) is 2.78. The summed E-state index contributed by atoms with van der Waals surface area (Å²) in [5.74, 6) is 7.06. The van der Waals surface area contributed by atoms with Crippen molar-refractivity contribution in [2.24, 2.45) is 0 Å². The van der Waals surface area contributed by atoms with Gasteiger partial charge in [0.05, 0.1) is 18.2 Å². The van der Waals surface area contributed by atoms with E-state index in [0.717, 1.165) is 69.9 Å². The zero-order chi connectivity index (χ0) is 21.6. The minimum Gasteiger partial charge on any atom is -0.365 e. The molecule has 0 radical (unpaired) electrons. The Bertz CT molecular complexity index is 924. The number of halogens is 1. The van der Waals surface area contributed by atoms with Gasteiger partial charge in [-0.3, -0.25) is 9.80 Å². The van der Waals surface area contributed by atoms with Gasteiger partial charge in [-0.2, -0.15) is 0 Å². The highest BCUT2D eigenvalue weighted by molar-refractivity contribution is 5.89. The van der Waals surface area contributed by atoms with E-state index in [2.05, 4.69) is 50.4 Å². The third-order valence-corrected chi connectivity index (χ3v) is 6.28. The van der Waals surface area contributed by atoms with Gasteiger partial charge < -0.3 is 9.64 Å². The molecule has 6 nitrogen and oxygen atoms in total. The Labute approximate surface area is 184 Å². The van der Waals surface area contributed by atoms with Crippen molar-refractivity contribution < 1.29 is 9.13 Å². The maximum Gasteiger partial charge on any atom is 0.139 e. The molecule has 31 heavy (non-hydrogen) atoms. The summed E-state index contributed by atoms with van der Waals surface area (Å²) in [6, 6.07) is 5.32. The van der Waals surface area contributed by atoms with Gasteiger partial charge in [0.1, 0.15) is 24.6 Å². The van der Waals surface area contributed by atoms with E-state index >= 15 is 0 Å². The summed E-state index contributed by atoms with van der Waals surface area (Å²) in [4.78, 5) is 15.8. The molecule has 166 valence electrons. The maximum atomic E-state index is 13.5. The topological polar surface area (TPSA) is 44.7 Å². The normalized spacial score (nSPS) is 19.0. The van der Waals surface area contributed by atoms with Gasteiger partial charge >= 0.3 is 0 Å². The summed E-state index contributed by atoms with van der Waals surface area (Å²) in [7, 11) is 0. The van der Waals surface area contributed by atoms with Crippen molar-refractivity contribution in [3.63, 3.8) is 0 Å². The van der Waals surface area contributed by atoms with E-state index in [1.807, 2.05) is 0 Å². The number of aromatic nitrogens is 2. The first kappa shape index (κ1) is 21.9. The Balaban J connectivity index is 1.19. The molecule has 4 rings (SSSR count). The predicted molar refractivity (Wildman–Crippen MR) is 122 cm³/mol. The van der Waals surface area contributed by atoms with Crippen LogP contribution in [-0.2, 0) is 4.74 Å². The highest BCUT2D eigenvalue weighted by Gasteiger charge is 2.22. The van der Waals surface area contributed by atoms with Crippen LogP contribution in [0.4, 0.5) is 10.2 Å². The highest BCUT2D eigenvalue weighted by atomic mass is 19.1. The van der Waals surface area contributed by atoms with Crippen molar-refractivity contribution in [3.8, 4) is 11.8 Å². The molecule has 0 atom stereocenters. The number of ether oxygens (including phenoxy) is 1. The molecular formula is C24H32FN5O. The molecule has 0 unspecified atom stereocenters. The van der Waals surface area contributed by atoms with Gasteiger partial charge in [-0.1, -0.05) is 11.8 Å². The van der Waals surface area contributed by atoms with E-state index in [1.165, 1.54) is 18.5 Å². The molecule has 0 bridgehead atoms. The number of piperazine rings is 1. The monoisotopic (exact) mass is 425 g/mol. The second-order valence-electron chi connectivity index (χ2n) is 8.62. The van der Waals surface area contributed by atoms with E-state index in [1.54, 1.807) is 6.07 Å². The van der Waals surface area contributed by atoms with Crippen LogP contribution in [0, 0.1) is 17.7 Å². The molecule has 7 heteroatoms. The summed E-state index contributed by atoms with van der Waals surface area (Å²) < 4.78 is 19.5. The molecule has 0 N–H and O–H groups in total. The second-order valence-corrected chi connectivity index (χ2v) is 8.62. The molecular weight excluding hydrogens is 393 g/mol. The summed E-state index contributed by atoms with van der Waals surface area (Å²) in [5.41, 5.74) is 0.643. The molecule has 0 aliphatic carbocycles. The quantitative estimate of drug-likeness (QED) is 0.687. The van der Waals surface area contributed by atoms with Crippen LogP contribution in [0.2, 0.25) is 0 Å². The SMILES string of the molecule is CC(C)N1CCN(CC#CCOC2CCN(c3ncnc4cc(F)ccc34)CC2)CC1. The van der Waals surface area contributed by atoms with Crippen molar-refractivity contribution in [2.75, 3.05) is 57.3 Å². The van der Waals surface area contributed by atoms with Crippen LogP contribution in [0.5, 0.6) is 0 Å². The number of hydrogen-bond acceptors (Lipinski definition) is 6. The summed E-state index contributed by atoms with van der Waals surface area (Å²) >= 11 is 0. The van der Waals surface area contributed by atoms with E-state index in [0.29, 0.717) is 18.2 Å². The van der Waals surface area contributed by atoms with Crippen LogP contribution in [0.1, 0.15) is 26.7 Å². The third kappa shape index (κ3) is 5.70. The van der Waals surface area contributed by atoms with Gasteiger partial charge in [0.25, 0.3) is 0 Å². The first-order valence-electron chi connectivity index (χ1n) is 11.3. The summed E-state index contributed by atoms with van der Waals surface area (Å²) in [5, 5.41) is 0.892. The highest BCUT2D eigenvalue weighted by Crippen LogP contribution is 2.26. The zero-order valence-corrected chi connectivity index (χ0v) is 18.6. The van der Waals surface area contributed by atoms with Gasteiger partial charge in [-0.25, -0.2) is 14.4 Å². The molecule has 2 saturated heterocycles. The van der Waals surface area contributed by atoms with E-state index < -0.39 is 0 Å². The number of hydrogen-bond donors (Lipinski definition) is 0. The molecule has 3 heterocycles. The van der Waals surface area contributed by atoms with Crippen molar-refractivity contribution >= 4 is 16.7 Å². The van der Waals surface area contributed by atoms with Crippen LogP contribution in [0.25, 0.3) is 10.9 Å². The lowest BCUT2D eigenvalue weighted by atomic mass is 10.1. The lowest BCUT2D eigenvalue weighted by molar-refractivity contribution is 0.0593. The van der Waals surface area contributed by atoms with Crippen LogP contribution in [-0.4, -0.2) is 84.3 Å². The average Bonchev–Trinajstić information content (AvgIpc) is 2.79. The number of anilines is 1. The fraction of sp³-hybridized carbons (Fsp3) is 0.583. The van der Waals surface area contributed by atoms with Crippen LogP contribution in [0.15, 0.2) is 24.5 Å². The van der Waals surface area contributed by atoms with Crippen LogP contribution >= 0.6 is 0 Å². The zero-order valence-electron chi connectivity index (χ0n) is 18.6. The second kappa shape index (κ2) is 10.4. The minimum absolute atomic E-state index is 0.227. The van der Waals surface area contributed by atoms with Crippen molar-refractivity contribution in [1.29, 1.82) is 0 Å². The van der Waals surface area contributed by atoms with Crippen molar-refractivity contribution in [1.82, 2.24) is 19.8 Å². The Morgan fingerprint density at radius 2 is 1.84 bits per heavy atom. The first-order chi connectivity index (χ1) is 15.1.